The van der Waals surface area contributed by atoms with Gasteiger partial charge in [0.1, 0.15) is 11.2 Å². The predicted octanol–water partition coefficient (Wildman–Crippen LogP) is 0.995. The fourth-order valence-electron chi connectivity index (χ4n) is 2.18. The summed E-state index contributed by atoms with van der Waals surface area (Å²) >= 11 is 0. The van der Waals surface area contributed by atoms with E-state index >= 15 is 0 Å². The van der Waals surface area contributed by atoms with Gasteiger partial charge in [-0.05, 0) is 31.4 Å². The van der Waals surface area contributed by atoms with Crippen LogP contribution in [-0.2, 0) is 16.8 Å². The highest BCUT2D eigenvalue weighted by atomic mass is 19.1. The molecule has 20 heavy (non-hydrogen) atoms. The zero-order valence-electron chi connectivity index (χ0n) is 11.0. The molecule has 0 spiro atoms. The van der Waals surface area contributed by atoms with Gasteiger partial charge < -0.3 is 5.32 Å². The summed E-state index contributed by atoms with van der Waals surface area (Å²) in [5.41, 5.74) is 0.629. The van der Waals surface area contributed by atoms with Crippen molar-refractivity contribution in [3.8, 4) is 0 Å². The van der Waals surface area contributed by atoms with Gasteiger partial charge in [0, 0.05) is 12.1 Å². The summed E-state index contributed by atoms with van der Waals surface area (Å²) in [7, 11) is 0. The van der Waals surface area contributed by atoms with Crippen molar-refractivity contribution >= 4 is 5.91 Å². The number of amides is 1. The monoisotopic (exact) mass is 275 g/mol. The first-order valence-corrected chi connectivity index (χ1v) is 6.39. The summed E-state index contributed by atoms with van der Waals surface area (Å²) in [6.07, 6.45) is 1.38. The molecular formula is C13H14FN5O. The Hall–Kier alpha value is -2.31. The number of halogens is 1. The zero-order chi connectivity index (χ0) is 14.2. The van der Waals surface area contributed by atoms with Crippen molar-refractivity contribution in [3.63, 3.8) is 0 Å². The Labute approximate surface area is 114 Å². The molecule has 104 valence electrons. The summed E-state index contributed by atoms with van der Waals surface area (Å²) < 4.78 is 13.7. The number of benzene rings is 1. The second-order valence-electron chi connectivity index (χ2n) is 5.10. The topological polar surface area (TPSA) is 83.6 Å². The van der Waals surface area contributed by atoms with Crippen LogP contribution in [0.25, 0.3) is 0 Å². The highest BCUT2D eigenvalue weighted by molar-refractivity contribution is 5.90. The Balaban J connectivity index is 1.68. The summed E-state index contributed by atoms with van der Waals surface area (Å²) in [5.74, 6) is -0.0899. The molecule has 1 aromatic heterocycles. The van der Waals surface area contributed by atoms with Gasteiger partial charge in [-0.2, -0.15) is 5.21 Å². The van der Waals surface area contributed by atoms with Gasteiger partial charge in [-0.15, -0.1) is 10.2 Å². The third-order valence-corrected chi connectivity index (χ3v) is 3.61. The minimum Gasteiger partial charge on any atom is -0.351 e. The van der Waals surface area contributed by atoms with Crippen LogP contribution < -0.4 is 5.32 Å². The van der Waals surface area contributed by atoms with Gasteiger partial charge in [0.25, 0.3) is 0 Å². The average Bonchev–Trinajstić information content (AvgIpc) is 3.05. The fraction of sp³-hybridized carbons (Fsp3) is 0.385. The smallest absolute Gasteiger partial charge is 0.234 e. The first-order chi connectivity index (χ1) is 9.62. The molecule has 1 heterocycles. The molecule has 3 rings (SSSR count). The molecule has 1 amide bonds. The number of carbonyl (C=O) groups excluding carboxylic acids is 1. The van der Waals surface area contributed by atoms with Crippen LogP contribution in [0, 0.1) is 12.7 Å². The van der Waals surface area contributed by atoms with Gasteiger partial charge in [0.15, 0.2) is 5.82 Å². The van der Waals surface area contributed by atoms with E-state index in [1.165, 1.54) is 6.07 Å². The molecule has 6 nitrogen and oxygen atoms in total. The Morgan fingerprint density at radius 2 is 2.30 bits per heavy atom. The van der Waals surface area contributed by atoms with Crippen LogP contribution in [0.1, 0.15) is 29.8 Å². The van der Waals surface area contributed by atoms with E-state index < -0.39 is 5.41 Å². The Morgan fingerprint density at radius 1 is 1.50 bits per heavy atom. The number of nitrogens with one attached hydrogen (secondary N) is 2. The average molecular weight is 275 g/mol. The molecule has 0 atom stereocenters. The first-order valence-electron chi connectivity index (χ1n) is 6.39. The van der Waals surface area contributed by atoms with Gasteiger partial charge in [-0.25, -0.2) is 4.39 Å². The molecule has 0 aliphatic heterocycles. The normalized spacial score (nSPS) is 15.9. The van der Waals surface area contributed by atoms with Crippen LogP contribution in [0.3, 0.4) is 0 Å². The molecule has 0 saturated heterocycles. The minimum absolute atomic E-state index is 0.157. The minimum atomic E-state index is -0.686. The predicted molar refractivity (Wildman–Crippen MR) is 68.1 cm³/mol. The Morgan fingerprint density at radius 3 is 2.90 bits per heavy atom. The van der Waals surface area contributed by atoms with Crippen molar-refractivity contribution in [3.05, 3.63) is 41.0 Å². The molecule has 2 aromatic rings. The molecule has 1 saturated carbocycles. The largest absolute Gasteiger partial charge is 0.351 e. The number of H-pyrrole nitrogens is 1. The highest BCUT2D eigenvalue weighted by Gasteiger charge is 2.54. The van der Waals surface area contributed by atoms with Crippen molar-refractivity contribution in [2.24, 2.45) is 0 Å². The van der Waals surface area contributed by atoms with E-state index in [2.05, 4.69) is 25.9 Å². The van der Waals surface area contributed by atoms with Crippen LogP contribution in [0.15, 0.2) is 18.2 Å². The van der Waals surface area contributed by atoms with Gasteiger partial charge in [-0.1, -0.05) is 17.3 Å². The third kappa shape index (κ3) is 2.15. The van der Waals surface area contributed by atoms with Crippen LogP contribution in [0.5, 0.6) is 0 Å². The van der Waals surface area contributed by atoms with Crippen LogP contribution in [-0.4, -0.2) is 26.5 Å². The summed E-state index contributed by atoms with van der Waals surface area (Å²) in [6.45, 7) is 1.98. The van der Waals surface area contributed by atoms with E-state index in [0.29, 0.717) is 24.2 Å². The third-order valence-electron chi connectivity index (χ3n) is 3.61. The van der Waals surface area contributed by atoms with Crippen molar-refractivity contribution in [2.75, 3.05) is 0 Å². The van der Waals surface area contributed by atoms with Crippen LogP contribution in [0.2, 0.25) is 0 Å². The molecule has 1 aliphatic carbocycles. The van der Waals surface area contributed by atoms with E-state index in [1.54, 1.807) is 6.07 Å². The molecule has 1 aliphatic rings. The second kappa shape index (κ2) is 4.66. The highest BCUT2D eigenvalue weighted by Crippen LogP contribution is 2.46. The summed E-state index contributed by atoms with van der Waals surface area (Å²) in [5, 5.41) is 16.3. The lowest BCUT2D eigenvalue weighted by atomic mass is 10.1. The maximum Gasteiger partial charge on any atom is 0.234 e. The number of nitrogens with zero attached hydrogens (tertiary/aromatic N) is 3. The van der Waals surface area contributed by atoms with E-state index in [4.69, 9.17) is 0 Å². The number of carbonyl (C=O) groups is 1. The Bertz CT molecular complexity index is 636. The zero-order valence-corrected chi connectivity index (χ0v) is 11.0. The standard InChI is InChI=1S/C13H14FN5O/c1-8-2-3-9(10(14)6-8)7-15-12(20)13(4-5-13)11-16-18-19-17-11/h2-3,6H,4-5,7H2,1H3,(H,15,20)(H,16,17,18,19). The lowest BCUT2D eigenvalue weighted by Crippen LogP contribution is -2.35. The number of rotatable bonds is 4. The quantitative estimate of drug-likeness (QED) is 0.871. The fourth-order valence-corrected chi connectivity index (χ4v) is 2.18. The van der Waals surface area contributed by atoms with Crippen molar-refractivity contribution in [1.82, 2.24) is 25.9 Å². The summed E-state index contributed by atoms with van der Waals surface area (Å²) in [6, 6.07) is 4.95. The van der Waals surface area contributed by atoms with Gasteiger partial charge in [-0.3, -0.25) is 4.79 Å². The van der Waals surface area contributed by atoms with E-state index in [9.17, 15) is 9.18 Å². The lowest BCUT2D eigenvalue weighted by Gasteiger charge is -2.12. The molecule has 2 N–H and O–H groups in total. The Kier molecular flexibility index (Phi) is 2.96. The second-order valence-corrected chi connectivity index (χ2v) is 5.10. The molecule has 1 fully saturated rings. The van der Waals surface area contributed by atoms with Gasteiger partial charge >= 0.3 is 0 Å². The van der Waals surface area contributed by atoms with Crippen molar-refractivity contribution in [1.29, 1.82) is 0 Å². The maximum absolute atomic E-state index is 13.7. The number of tetrazole rings is 1. The molecule has 0 unspecified atom stereocenters. The lowest BCUT2D eigenvalue weighted by molar-refractivity contribution is -0.123. The molecule has 0 bridgehead atoms. The summed E-state index contributed by atoms with van der Waals surface area (Å²) in [4.78, 5) is 12.2. The maximum atomic E-state index is 13.7. The van der Waals surface area contributed by atoms with Crippen LogP contribution >= 0.6 is 0 Å². The van der Waals surface area contributed by atoms with E-state index in [1.807, 2.05) is 13.0 Å². The molecular weight excluding hydrogens is 261 g/mol. The van der Waals surface area contributed by atoms with Crippen LogP contribution in [0.4, 0.5) is 4.39 Å². The molecule has 1 aromatic carbocycles. The number of aryl methyl sites for hydroxylation is 1. The van der Waals surface area contributed by atoms with Gasteiger partial charge in [0.2, 0.25) is 5.91 Å². The molecule has 0 radical (unpaired) electrons. The number of aromatic nitrogens is 4. The number of aromatic amines is 1. The van der Waals surface area contributed by atoms with E-state index in [0.717, 1.165) is 5.56 Å². The number of hydrogen-bond acceptors (Lipinski definition) is 4. The van der Waals surface area contributed by atoms with E-state index in [-0.39, 0.29) is 18.3 Å². The van der Waals surface area contributed by atoms with Gasteiger partial charge in [0.05, 0.1) is 0 Å². The SMILES string of the molecule is Cc1ccc(CNC(=O)C2(c3nn[nH]n3)CC2)c(F)c1. The molecule has 7 heteroatoms. The van der Waals surface area contributed by atoms with Crippen molar-refractivity contribution in [2.45, 2.75) is 31.7 Å². The first kappa shape index (κ1) is 12.7. The van der Waals surface area contributed by atoms with Crippen molar-refractivity contribution < 1.29 is 9.18 Å². The number of hydrogen-bond donors (Lipinski definition) is 2.